The number of hydrogen-bond donors (Lipinski definition) is 0. The summed E-state index contributed by atoms with van der Waals surface area (Å²) in [6.07, 6.45) is 1.77. The van der Waals surface area contributed by atoms with Crippen molar-refractivity contribution in [3.63, 3.8) is 0 Å². The Labute approximate surface area is 101 Å². The van der Waals surface area contributed by atoms with Gasteiger partial charge in [0.05, 0.1) is 7.11 Å². The van der Waals surface area contributed by atoms with Crippen LogP contribution in [-0.2, 0) is 10.3 Å². The number of methoxy groups -OCH3 is 1. The number of rotatable bonds is 4. The van der Waals surface area contributed by atoms with Gasteiger partial charge in [0.2, 0.25) is 0 Å². The van der Waals surface area contributed by atoms with Crippen molar-refractivity contribution >= 4 is 10.3 Å². The van der Waals surface area contributed by atoms with E-state index in [1.807, 2.05) is 0 Å². The maximum atomic E-state index is 11.9. The van der Waals surface area contributed by atoms with Crippen LogP contribution in [0.3, 0.4) is 0 Å². The molecule has 1 aromatic rings. The summed E-state index contributed by atoms with van der Waals surface area (Å²) in [5, 5.41) is 0. The summed E-state index contributed by atoms with van der Waals surface area (Å²) in [6.45, 7) is 1.05. The molecule has 0 radical (unpaired) electrons. The molecule has 0 bridgehead atoms. The van der Waals surface area contributed by atoms with E-state index in [-0.39, 0.29) is 5.75 Å². The highest BCUT2D eigenvalue weighted by molar-refractivity contribution is 7.84. The molecule has 1 fully saturated rings. The average Bonchev–Trinajstić information content (AvgIpc) is 2.83. The third-order valence-corrected chi connectivity index (χ3v) is 4.03. The second-order valence-electron chi connectivity index (χ2n) is 3.80. The van der Waals surface area contributed by atoms with Crippen LogP contribution in [0.1, 0.15) is 12.8 Å². The molecule has 0 aliphatic carbocycles. The Morgan fingerprint density at radius 1 is 1.12 bits per heavy atom. The van der Waals surface area contributed by atoms with Crippen LogP contribution in [0.25, 0.3) is 0 Å². The van der Waals surface area contributed by atoms with Gasteiger partial charge in [-0.15, -0.1) is 0 Å². The standard InChI is InChI=1S/C11H15NO4S/c1-15-10-6-2-3-7-11(10)16-17(13,14)12-8-4-5-9-12/h2-3,6-7H,4-5,8-9H2,1H3. The van der Waals surface area contributed by atoms with E-state index < -0.39 is 10.3 Å². The van der Waals surface area contributed by atoms with Gasteiger partial charge in [-0.2, -0.15) is 12.7 Å². The fourth-order valence-corrected chi connectivity index (χ4v) is 2.94. The molecular formula is C11H15NO4S. The van der Waals surface area contributed by atoms with Crippen LogP contribution in [0.2, 0.25) is 0 Å². The van der Waals surface area contributed by atoms with Crippen molar-refractivity contribution in [1.82, 2.24) is 4.31 Å². The van der Waals surface area contributed by atoms with E-state index in [4.69, 9.17) is 8.92 Å². The Hall–Kier alpha value is -1.27. The molecule has 0 aromatic heterocycles. The Morgan fingerprint density at radius 3 is 2.29 bits per heavy atom. The third-order valence-electron chi connectivity index (χ3n) is 2.65. The first-order valence-electron chi connectivity index (χ1n) is 5.46. The summed E-state index contributed by atoms with van der Waals surface area (Å²) >= 11 is 0. The smallest absolute Gasteiger partial charge is 0.385 e. The lowest BCUT2D eigenvalue weighted by molar-refractivity contribution is 0.366. The molecule has 1 aliphatic heterocycles. The number of benzene rings is 1. The predicted molar refractivity (Wildman–Crippen MR) is 63.3 cm³/mol. The first kappa shape index (κ1) is 12.2. The van der Waals surface area contributed by atoms with Crippen molar-refractivity contribution in [1.29, 1.82) is 0 Å². The normalized spacial score (nSPS) is 17.0. The summed E-state index contributed by atoms with van der Waals surface area (Å²) in [6, 6.07) is 6.70. The van der Waals surface area contributed by atoms with Crippen molar-refractivity contribution in [2.75, 3.05) is 20.2 Å². The Bertz CT molecular complexity index is 480. The molecule has 94 valence electrons. The molecule has 0 N–H and O–H groups in total. The first-order valence-corrected chi connectivity index (χ1v) is 6.82. The molecule has 0 atom stereocenters. The topological polar surface area (TPSA) is 55.8 Å². The molecule has 1 heterocycles. The maximum absolute atomic E-state index is 11.9. The summed E-state index contributed by atoms with van der Waals surface area (Å²) in [5.41, 5.74) is 0. The molecule has 2 rings (SSSR count). The van der Waals surface area contributed by atoms with Crippen LogP contribution in [0, 0.1) is 0 Å². The van der Waals surface area contributed by atoms with Gasteiger partial charge in [0.1, 0.15) is 0 Å². The highest BCUT2D eigenvalue weighted by atomic mass is 32.2. The van der Waals surface area contributed by atoms with Gasteiger partial charge in [-0.1, -0.05) is 12.1 Å². The van der Waals surface area contributed by atoms with E-state index in [0.29, 0.717) is 18.8 Å². The molecule has 17 heavy (non-hydrogen) atoms. The van der Waals surface area contributed by atoms with E-state index in [1.165, 1.54) is 11.4 Å². The molecule has 0 amide bonds. The SMILES string of the molecule is COc1ccccc1OS(=O)(=O)N1CCCC1. The second-order valence-corrected chi connectivity index (χ2v) is 5.34. The van der Waals surface area contributed by atoms with Crippen LogP contribution in [-0.4, -0.2) is 32.9 Å². The molecule has 1 saturated heterocycles. The zero-order chi connectivity index (χ0) is 12.3. The largest absolute Gasteiger partial charge is 0.493 e. The zero-order valence-corrected chi connectivity index (χ0v) is 10.4. The monoisotopic (exact) mass is 257 g/mol. The highest BCUT2D eigenvalue weighted by Crippen LogP contribution is 2.28. The molecule has 1 aromatic carbocycles. The number of ether oxygens (including phenoxy) is 1. The van der Waals surface area contributed by atoms with Gasteiger partial charge in [0.25, 0.3) is 0 Å². The second kappa shape index (κ2) is 4.93. The number of nitrogens with zero attached hydrogens (tertiary/aromatic N) is 1. The average molecular weight is 257 g/mol. The molecule has 0 unspecified atom stereocenters. The molecule has 1 aliphatic rings. The van der Waals surface area contributed by atoms with Crippen LogP contribution in [0.4, 0.5) is 0 Å². The van der Waals surface area contributed by atoms with Crippen LogP contribution < -0.4 is 8.92 Å². The van der Waals surface area contributed by atoms with Crippen molar-refractivity contribution in [2.45, 2.75) is 12.8 Å². The minimum atomic E-state index is -3.69. The van der Waals surface area contributed by atoms with Gasteiger partial charge in [0.15, 0.2) is 11.5 Å². The predicted octanol–water partition coefficient (Wildman–Crippen LogP) is 1.41. The van der Waals surface area contributed by atoms with Crippen LogP contribution in [0.15, 0.2) is 24.3 Å². The lowest BCUT2D eigenvalue weighted by atomic mass is 10.3. The fraction of sp³-hybridized carbons (Fsp3) is 0.455. The number of para-hydroxylation sites is 2. The van der Waals surface area contributed by atoms with Gasteiger partial charge in [0, 0.05) is 13.1 Å². The lowest BCUT2D eigenvalue weighted by Gasteiger charge is -2.16. The molecular weight excluding hydrogens is 242 g/mol. The summed E-state index contributed by atoms with van der Waals surface area (Å²) < 4.78 is 35.3. The summed E-state index contributed by atoms with van der Waals surface area (Å²) in [4.78, 5) is 0. The Balaban J connectivity index is 2.19. The first-order chi connectivity index (χ1) is 8.13. The molecule has 6 heteroatoms. The van der Waals surface area contributed by atoms with Crippen molar-refractivity contribution < 1.29 is 17.3 Å². The van der Waals surface area contributed by atoms with E-state index in [0.717, 1.165) is 12.8 Å². The van der Waals surface area contributed by atoms with E-state index in [9.17, 15) is 8.42 Å². The zero-order valence-electron chi connectivity index (χ0n) is 9.63. The van der Waals surface area contributed by atoms with Gasteiger partial charge < -0.3 is 8.92 Å². The van der Waals surface area contributed by atoms with Gasteiger partial charge in [-0.05, 0) is 25.0 Å². The van der Waals surface area contributed by atoms with E-state index >= 15 is 0 Å². The Morgan fingerprint density at radius 2 is 1.71 bits per heavy atom. The van der Waals surface area contributed by atoms with Gasteiger partial charge in [-0.25, -0.2) is 0 Å². The highest BCUT2D eigenvalue weighted by Gasteiger charge is 2.28. The Kier molecular flexibility index (Phi) is 3.54. The molecule has 0 spiro atoms. The van der Waals surface area contributed by atoms with Crippen molar-refractivity contribution in [2.24, 2.45) is 0 Å². The van der Waals surface area contributed by atoms with Crippen LogP contribution in [0.5, 0.6) is 11.5 Å². The van der Waals surface area contributed by atoms with Crippen LogP contribution >= 0.6 is 0 Å². The van der Waals surface area contributed by atoms with E-state index in [2.05, 4.69) is 0 Å². The minimum absolute atomic E-state index is 0.224. The van der Waals surface area contributed by atoms with Gasteiger partial charge in [-0.3, -0.25) is 0 Å². The molecule has 0 saturated carbocycles. The van der Waals surface area contributed by atoms with Gasteiger partial charge >= 0.3 is 10.3 Å². The van der Waals surface area contributed by atoms with Crippen molar-refractivity contribution in [3.8, 4) is 11.5 Å². The van der Waals surface area contributed by atoms with E-state index in [1.54, 1.807) is 24.3 Å². The fourth-order valence-electron chi connectivity index (χ4n) is 1.77. The molecule has 5 nitrogen and oxygen atoms in total. The van der Waals surface area contributed by atoms with Crippen molar-refractivity contribution in [3.05, 3.63) is 24.3 Å². The number of hydrogen-bond acceptors (Lipinski definition) is 4. The third kappa shape index (κ3) is 2.70. The summed E-state index contributed by atoms with van der Waals surface area (Å²) in [7, 11) is -2.22. The maximum Gasteiger partial charge on any atom is 0.385 e. The minimum Gasteiger partial charge on any atom is -0.493 e. The quantitative estimate of drug-likeness (QED) is 0.818. The lowest BCUT2D eigenvalue weighted by Crippen LogP contribution is -2.31. The summed E-state index contributed by atoms with van der Waals surface area (Å²) in [5.74, 6) is 0.636.